The zero-order chi connectivity index (χ0) is 13.7. The standard InChI is InChI=1S/C12H30OSSi3/c1-9-10-12(2)11(14)15(3,4)17(7,8)16(5,6)13-12/h11,14H,9-10H2,1-8H3. The van der Waals surface area contributed by atoms with Crippen molar-refractivity contribution in [1.29, 1.82) is 0 Å². The third-order valence-corrected chi connectivity index (χ3v) is 49.1. The van der Waals surface area contributed by atoms with Crippen molar-refractivity contribution in [3.8, 4) is 0 Å². The predicted octanol–water partition coefficient (Wildman–Crippen LogP) is 4.19. The van der Waals surface area contributed by atoms with Crippen LogP contribution < -0.4 is 0 Å². The van der Waals surface area contributed by atoms with E-state index >= 15 is 0 Å². The summed E-state index contributed by atoms with van der Waals surface area (Å²) in [5.41, 5.74) is 0.0336. The van der Waals surface area contributed by atoms with Crippen molar-refractivity contribution in [3.63, 3.8) is 0 Å². The normalized spacial score (nSPS) is 39.0. The van der Waals surface area contributed by atoms with Gasteiger partial charge in [-0.15, -0.1) is 0 Å². The highest BCUT2D eigenvalue weighted by molar-refractivity contribution is 7.87. The molecule has 1 saturated heterocycles. The largest absolute Gasteiger partial charge is 0.414 e. The number of hydrogen-bond donors (Lipinski definition) is 1. The van der Waals surface area contributed by atoms with Gasteiger partial charge in [0.2, 0.25) is 0 Å². The fourth-order valence-corrected chi connectivity index (χ4v) is 38.1. The zero-order valence-electron chi connectivity index (χ0n) is 12.8. The van der Waals surface area contributed by atoms with Crippen molar-refractivity contribution in [2.75, 3.05) is 0 Å². The minimum Gasteiger partial charge on any atom is -0.414 e. The van der Waals surface area contributed by atoms with Crippen LogP contribution in [0.25, 0.3) is 0 Å². The molecule has 1 rings (SSSR count). The van der Waals surface area contributed by atoms with E-state index in [0.29, 0.717) is 4.87 Å². The van der Waals surface area contributed by atoms with Gasteiger partial charge in [-0.3, -0.25) is 0 Å². The lowest BCUT2D eigenvalue weighted by Gasteiger charge is -2.61. The monoisotopic (exact) mass is 306 g/mol. The molecule has 0 radical (unpaired) electrons. The van der Waals surface area contributed by atoms with E-state index in [9.17, 15) is 0 Å². The summed E-state index contributed by atoms with van der Waals surface area (Å²) in [5.74, 6) is 0. The first-order valence-electron chi connectivity index (χ1n) is 6.80. The van der Waals surface area contributed by atoms with Crippen molar-refractivity contribution < 1.29 is 4.43 Å². The van der Waals surface area contributed by atoms with E-state index in [1.54, 1.807) is 0 Å². The Morgan fingerprint density at radius 3 is 2.00 bits per heavy atom. The van der Waals surface area contributed by atoms with Gasteiger partial charge in [0.25, 0.3) is 0 Å². The second kappa shape index (κ2) is 4.51. The van der Waals surface area contributed by atoms with Crippen LogP contribution >= 0.6 is 12.6 Å². The quantitative estimate of drug-likeness (QED) is 0.594. The summed E-state index contributed by atoms with van der Waals surface area (Å²) >= 11 is 5.04. The summed E-state index contributed by atoms with van der Waals surface area (Å²) in [6, 6.07) is 0. The van der Waals surface area contributed by atoms with Gasteiger partial charge in [-0.1, -0.05) is 39.5 Å². The molecule has 0 saturated carbocycles. The Hall–Kier alpha value is 0.961. The Kier molecular flexibility index (Phi) is 4.25. The van der Waals surface area contributed by atoms with Crippen molar-refractivity contribution in [1.82, 2.24) is 0 Å². The summed E-state index contributed by atoms with van der Waals surface area (Å²) in [5, 5.41) is 0. The molecule has 1 aliphatic heterocycles. The number of thiol groups is 1. The first kappa shape index (κ1) is 16.0. The van der Waals surface area contributed by atoms with Crippen LogP contribution in [0.5, 0.6) is 0 Å². The predicted molar refractivity (Wildman–Crippen MR) is 89.6 cm³/mol. The van der Waals surface area contributed by atoms with Gasteiger partial charge in [0.05, 0.1) is 20.3 Å². The van der Waals surface area contributed by atoms with E-state index in [1.165, 1.54) is 12.8 Å². The Labute approximate surface area is 116 Å². The van der Waals surface area contributed by atoms with Gasteiger partial charge >= 0.3 is 0 Å². The molecule has 0 N–H and O–H groups in total. The van der Waals surface area contributed by atoms with Crippen LogP contribution in [0, 0.1) is 0 Å². The molecule has 0 aliphatic carbocycles. The lowest BCUT2D eigenvalue weighted by atomic mass is 10.0. The third kappa shape index (κ3) is 2.26. The van der Waals surface area contributed by atoms with Gasteiger partial charge in [0.15, 0.2) is 7.83 Å². The number of hydrogen-bond acceptors (Lipinski definition) is 2. The van der Waals surface area contributed by atoms with Crippen LogP contribution in [-0.2, 0) is 4.43 Å². The van der Waals surface area contributed by atoms with Crippen LogP contribution in [0.3, 0.4) is 0 Å². The molecule has 0 aromatic rings. The van der Waals surface area contributed by atoms with Gasteiger partial charge in [0, 0.05) is 4.87 Å². The molecular formula is C12H30OSSi3. The maximum atomic E-state index is 6.72. The Bertz CT molecular complexity index is 304. The van der Waals surface area contributed by atoms with Gasteiger partial charge < -0.3 is 4.43 Å². The SMILES string of the molecule is CCCC1(C)O[Si](C)(C)[Si](C)(C)[Si](C)(C)C1S. The van der Waals surface area contributed by atoms with Crippen molar-refractivity contribution >= 4 is 35.2 Å². The molecule has 0 aromatic heterocycles. The Morgan fingerprint density at radius 2 is 1.59 bits per heavy atom. The summed E-state index contributed by atoms with van der Waals surface area (Å²) < 4.78 is 6.72. The van der Waals surface area contributed by atoms with Crippen molar-refractivity contribution in [2.45, 2.75) is 76.4 Å². The lowest BCUT2D eigenvalue weighted by molar-refractivity contribution is 0.0851. The maximum absolute atomic E-state index is 6.72. The molecule has 5 heteroatoms. The average molecular weight is 307 g/mol. The molecule has 2 atom stereocenters. The molecule has 17 heavy (non-hydrogen) atoms. The molecule has 1 heterocycles. The molecule has 0 aromatic carbocycles. The molecule has 0 amide bonds. The second-order valence-electron chi connectivity index (χ2n) is 7.42. The fraction of sp³-hybridized carbons (Fsp3) is 1.00. The average Bonchev–Trinajstić information content (AvgIpc) is 2.13. The van der Waals surface area contributed by atoms with Gasteiger partial charge in [0.1, 0.15) is 0 Å². The minimum atomic E-state index is -1.52. The first-order chi connectivity index (χ1) is 7.42. The molecule has 1 aliphatic rings. The Balaban J connectivity index is 3.24. The van der Waals surface area contributed by atoms with Crippen LogP contribution in [-0.4, -0.2) is 33.0 Å². The highest BCUT2D eigenvalue weighted by atomic mass is 32.1. The maximum Gasteiger partial charge on any atom is 0.172 e. The van der Waals surface area contributed by atoms with Gasteiger partial charge in [-0.25, -0.2) is 0 Å². The summed E-state index contributed by atoms with van der Waals surface area (Å²) in [7, 11) is -4.05. The van der Waals surface area contributed by atoms with Crippen molar-refractivity contribution in [2.24, 2.45) is 0 Å². The molecule has 102 valence electrons. The molecule has 1 nitrogen and oxygen atoms in total. The highest BCUT2D eigenvalue weighted by Gasteiger charge is 2.65. The van der Waals surface area contributed by atoms with Gasteiger partial charge in [-0.05, 0) is 26.4 Å². The topological polar surface area (TPSA) is 9.23 Å². The van der Waals surface area contributed by atoms with E-state index in [1.807, 2.05) is 0 Å². The molecule has 0 bridgehead atoms. The van der Waals surface area contributed by atoms with Crippen molar-refractivity contribution in [3.05, 3.63) is 0 Å². The van der Waals surface area contributed by atoms with Crippen LogP contribution in [0.2, 0.25) is 39.3 Å². The first-order valence-corrected chi connectivity index (χ1v) is 18.3. The fourth-order valence-electron chi connectivity index (χ4n) is 3.33. The van der Waals surface area contributed by atoms with Gasteiger partial charge in [-0.2, -0.15) is 12.6 Å². The third-order valence-electron chi connectivity index (χ3n) is 5.61. The summed E-state index contributed by atoms with van der Waals surface area (Å²) in [4.78, 5) is 0.497. The van der Waals surface area contributed by atoms with E-state index in [2.05, 4.69) is 53.1 Å². The minimum absolute atomic E-state index is 0.0336. The summed E-state index contributed by atoms with van der Waals surface area (Å²) in [6.45, 7) is 19.8. The Morgan fingerprint density at radius 1 is 1.12 bits per heavy atom. The van der Waals surface area contributed by atoms with Crippen LogP contribution in [0.4, 0.5) is 0 Å². The highest BCUT2D eigenvalue weighted by Crippen LogP contribution is 2.47. The molecular weight excluding hydrogens is 276 g/mol. The smallest absolute Gasteiger partial charge is 0.172 e. The van der Waals surface area contributed by atoms with Crippen LogP contribution in [0.15, 0.2) is 0 Å². The molecule has 1 fully saturated rings. The molecule has 2 unspecified atom stereocenters. The van der Waals surface area contributed by atoms with E-state index in [4.69, 9.17) is 17.1 Å². The second-order valence-corrected chi connectivity index (χ2v) is 35.4. The number of rotatable bonds is 2. The summed E-state index contributed by atoms with van der Waals surface area (Å²) in [6.07, 6.45) is 2.36. The van der Waals surface area contributed by atoms with E-state index in [0.717, 1.165) is 0 Å². The lowest BCUT2D eigenvalue weighted by Crippen LogP contribution is -2.83. The van der Waals surface area contributed by atoms with E-state index in [-0.39, 0.29) is 5.60 Å². The van der Waals surface area contributed by atoms with E-state index < -0.39 is 22.5 Å². The van der Waals surface area contributed by atoms with Crippen LogP contribution in [0.1, 0.15) is 26.7 Å². The molecule has 0 spiro atoms. The zero-order valence-corrected chi connectivity index (χ0v) is 16.7.